The monoisotopic (exact) mass is 307 g/mol. The molecule has 1 N–H and O–H groups in total. The molecule has 2 rings (SSSR count). The summed E-state index contributed by atoms with van der Waals surface area (Å²) in [6.45, 7) is 2.08. The highest BCUT2D eigenvalue weighted by Gasteiger charge is 2.18. The van der Waals surface area contributed by atoms with Gasteiger partial charge in [0.1, 0.15) is 6.07 Å². The number of piperidine rings is 1. The Balaban J connectivity index is 2.02. The van der Waals surface area contributed by atoms with Crippen LogP contribution in [-0.2, 0) is 0 Å². The van der Waals surface area contributed by atoms with Gasteiger partial charge in [-0.3, -0.25) is 0 Å². The number of benzene rings is 1. The summed E-state index contributed by atoms with van der Waals surface area (Å²) >= 11 is 3.41. The number of hydrogen-bond acceptors (Lipinski definition) is 3. The minimum atomic E-state index is 0.573. The third kappa shape index (κ3) is 3.04. The molecule has 0 spiro atoms. The summed E-state index contributed by atoms with van der Waals surface area (Å²) in [4.78, 5) is 2.40. The number of nitriles is 1. The number of halogens is 1. The molecule has 0 saturated carbocycles. The van der Waals surface area contributed by atoms with E-state index in [1.165, 1.54) is 25.8 Å². The summed E-state index contributed by atoms with van der Waals surface area (Å²) in [5.41, 5.74) is 1.61. The summed E-state index contributed by atoms with van der Waals surface area (Å²) in [6, 6.07) is 8.63. The van der Waals surface area contributed by atoms with Crippen molar-refractivity contribution in [1.82, 2.24) is 4.90 Å². The molecule has 1 aliphatic rings. The van der Waals surface area contributed by atoms with Gasteiger partial charge in [0.2, 0.25) is 0 Å². The third-order valence-electron chi connectivity index (χ3n) is 3.58. The highest BCUT2D eigenvalue weighted by molar-refractivity contribution is 9.10. The lowest BCUT2D eigenvalue weighted by Crippen LogP contribution is -2.40. The largest absolute Gasteiger partial charge is 0.382 e. The predicted octanol–water partition coefficient (Wildman–Crippen LogP) is 3.22. The van der Waals surface area contributed by atoms with Gasteiger partial charge in [-0.15, -0.1) is 0 Å². The fraction of sp³-hybridized carbons (Fsp3) is 0.500. The van der Waals surface area contributed by atoms with Gasteiger partial charge in [0, 0.05) is 17.1 Å². The first-order chi connectivity index (χ1) is 8.72. The summed E-state index contributed by atoms with van der Waals surface area (Å²) in [5.74, 6) is 0. The van der Waals surface area contributed by atoms with E-state index in [-0.39, 0.29) is 0 Å². The maximum absolute atomic E-state index is 9.16. The van der Waals surface area contributed by atoms with Gasteiger partial charge in [-0.05, 0) is 54.5 Å². The van der Waals surface area contributed by atoms with E-state index in [9.17, 15) is 0 Å². The molecule has 1 heterocycles. The summed E-state index contributed by atoms with van der Waals surface area (Å²) in [7, 11) is 2.18. The lowest BCUT2D eigenvalue weighted by atomic mass is 10.0. The molecule has 1 unspecified atom stereocenters. The fourth-order valence-electron chi connectivity index (χ4n) is 2.41. The molecule has 1 fully saturated rings. The second kappa shape index (κ2) is 6.21. The second-order valence-corrected chi connectivity index (χ2v) is 5.64. The van der Waals surface area contributed by atoms with Crippen molar-refractivity contribution in [3.05, 3.63) is 28.2 Å². The zero-order chi connectivity index (χ0) is 13.0. The molecular weight excluding hydrogens is 290 g/mol. The molecule has 1 aromatic rings. The van der Waals surface area contributed by atoms with E-state index in [0.29, 0.717) is 11.6 Å². The summed E-state index contributed by atoms with van der Waals surface area (Å²) in [5, 5.41) is 12.6. The number of anilines is 1. The number of likely N-dealkylation sites (N-methyl/N-ethyl adjacent to an activating group) is 1. The van der Waals surface area contributed by atoms with Crippen molar-refractivity contribution in [2.75, 3.05) is 25.5 Å². The molecule has 0 bridgehead atoms. The molecule has 1 aromatic carbocycles. The van der Waals surface area contributed by atoms with Crippen LogP contribution < -0.4 is 5.32 Å². The zero-order valence-electron chi connectivity index (χ0n) is 10.6. The first-order valence-electron chi connectivity index (χ1n) is 6.35. The van der Waals surface area contributed by atoms with Gasteiger partial charge in [-0.25, -0.2) is 0 Å². The molecule has 96 valence electrons. The Hall–Kier alpha value is -1.05. The van der Waals surface area contributed by atoms with Crippen LogP contribution >= 0.6 is 15.9 Å². The van der Waals surface area contributed by atoms with E-state index in [4.69, 9.17) is 5.26 Å². The number of likely N-dealkylation sites (tertiary alicyclic amines) is 1. The van der Waals surface area contributed by atoms with Gasteiger partial charge in [-0.2, -0.15) is 5.26 Å². The minimum Gasteiger partial charge on any atom is -0.382 e. The molecule has 18 heavy (non-hydrogen) atoms. The van der Waals surface area contributed by atoms with E-state index >= 15 is 0 Å². The standard InChI is InChI=1S/C14H18BrN3/c1-18-8-3-2-5-11(18)10-17-14-7-4-6-13(15)12(14)9-16/h4,6-7,11,17H,2-3,5,8,10H2,1H3. The second-order valence-electron chi connectivity index (χ2n) is 4.79. The Morgan fingerprint density at radius 3 is 3.06 bits per heavy atom. The van der Waals surface area contributed by atoms with Crippen molar-refractivity contribution in [3.8, 4) is 6.07 Å². The maximum atomic E-state index is 9.16. The van der Waals surface area contributed by atoms with E-state index in [1.54, 1.807) is 0 Å². The van der Waals surface area contributed by atoms with Gasteiger partial charge in [-0.1, -0.05) is 12.5 Å². The minimum absolute atomic E-state index is 0.573. The molecule has 0 radical (unpaired) electrons. The van der Waals surface area contributed by atoms with E-state index in [1.807, 2.05) is 18.2 Å². The molecule has 1 atom stereocenters. The van der Waals surface area contributed by atoms with E-state index < -0.39 is 0 Å². The highest BCUT2D eigenvalue weighted by atomic mass is 79.9. The van der Waals surface area contributed by atoms with Crippen LogP contribution in [0.1, 0.15) is 24.8 Å². The highest BCUT2D eigenvalue weighted by Crippen LogP contribution is 2.24. The summed E-state index contributed by atoms with van der Waals surface area (Å²) < 4.78 is 0.854. The van der Waals surface area contributed by atoms with Crippen LogP contribution in [0.25, 0.3) is 0 Å². The lowest BCUT2D eigenvalue weighted by molar-refractivity contribution is 0.194. The summed E-state index contributed by atoms with van der Waals surface area (Å²) in [6.07, 6.45) is 3.84. The maximum Gasteiger partial charge on any atom is 0.103 e. The number of rotatable bonds is 3. The lowest BCUT2D eigenvalue weighted by Gasteiger charge is -2.32. The molecule has 0 aromatic heterocycles. The molecule has 3 nitrogen and oxygen atoms in total. The Kier molecular flexibility index (Phi) is 4.62. The van der Waals surface area contributed by atoms with Crippen LogP contribution in [0.3, 0.4) is 0 Å². The van der Waals surface area contributed by atoms with Crippen molar-refractivity contribution >= 4 is 21.6 Å². The smallest absolute Gasteiger partial charge is 0.103 e. The zero-order valence-corrected chi connectivity index (χ0v) is 12.2. The van der Waals surface area contributed by atoms with Crippen LogP contribution in [0.5, 0.6) is 0 Å². The predicted molar refractivity (Wildman–Crippen MR) is 77.6 cm³/mol. The average molecular weight is 308 g/mol. The van der Waals surface area contributed by atoms with Crippen molar-refractivity contribution in [3.63, 3.8) is 0 Å². The van der Waals surface area contributed by atoms with Crippen LogP contribution in [0.2, 0.25) is 0 Å². The average Bonchev–Trinajstić information content (AvgIpc) is 2.38. The van der Waals surface area contributed by atoms with E-state index in [2.05, 4.69) is 39.3 Å². The van der Waals surface area contributed by atoms with Crippen molar-refractivity contribution in [1.29, 1.82) is 5.26 Å². The van der Waals surface area contributed by atoms with Crippen LogP contribution in [-0.4, -0.2) is 31.1 Å². The first-order valence-corrected chi connectivity index (χ1v) is 7.14. The Labute approximate surface area is 117 Å². The van der Waals surface area contributed by atoms with Crippen LogP contribution in [0, 0.1) is 11.3 Å². The Morgan fingerprint density at radius 2 is 2.33 bits per heavy atom. The molecular formula is C14H18BrN3. The number of nitrogens with one attached hydrogen (secondary N) is 1. The van der Waals surface area contributed by atoms with Crippen molar-refractivity contribution in [2.24, 2.45) is 0 Å². The molecule has 0 aliphatic carbocycles. The molecule has 0 amide bonds. The SMILES string of the molecule is CN1CCCCC1CNc1cccc(Br)c1C#N. The Morgan fingerprint density at radius 1 is 1.50 bits per heavy atom. The van der Waals surface area contributed by atoms with Gasteiger partial charge >= 0.3 is 0 Å². The van der Waals surface area contributed by atoms with Crippen molar-refractivity contribution < 1.29 is 0 Å². The molecule has 1 saturated heterocycles. The normalized spacial score (nSPS) is 20.4. The first kappa shape index (κ1) is 13.4. The molecule has 4 heteroatoms. The fourth-order valence-corrected chi connectivity index (χ4v) is 2.87. The van der Waals surface area contributed by atoms with Gasteiger partial charge in [0.25, 0.3) is 0 Å². The topological polar surface area (TPSA) is 39.1 Å². The molecule has 1 aliphatic heterocycles. The number of hydrogen-bond donors (Lipinski definition) is 1. The quantitative estimate of drug-likeness (QED) is 0.932. The van der Waals surface area contributed by atoms with E-state index in [0.717, 1.165) is 16.7 Å². The number of nitrogens with zero attached hydrogens (tertiary/aromatic N) is 2. The van der Waals surface area contributed by atoms with Crippen molar-refractivity contribution in [2.45, 2.75) is 25.3 Å². The van der Waals surface area contributed by atoms with Gasteiger partial charge in [0.15, 0.2) is 0 Å². The third-order valence-corrected chi connectivity index (χ3v) is 4.24. The Bertz CT molecular complexity index is 453. The van der Waals surface area contributed by atoms with Crippen LogP contribution in [0.4, 0.5) is 5.69 Å². The van der Waals surface area contributed by atoms with Crippen LogP contribution in [0.15, 0.2) is 22.7 Å². The van der Waals surface area contributed by atoms with Gasteiger partial charge in [0.05, 0.1) is 11.3 Å². The van der Waals surface area contributed by atoms with Gasteiger partial charge < -0.3 is 10.2 Å².